The quantitative estimate of drug-likeness (QED) is 0.825. The predicted octanol–water partition coefficient (Wildman–Crippen LogP) is 1.57. The zero-order valence-electron chi connectivity index (χ0n) is 12.5. The molecule has 1 aromatic heterocycles. The lowest BCUT2D eigenvalue weighted by atomic mass is 9.82. The van der Waals surface area contributed by atoms with E-state index >= 15 is 0 Å². The predicted molar refractivity (Wildman–Crippen MR) is 77.5 cm³/mol. The van der Waals surface area contributed by atoms with Crippen molar-refractivity contribution in [3.8, 4) is 0 Å². The molecule has 0 aromatic carbocycles. The smallest absolute Gasteiger partial charge is 0.307 e. The summed E-state index contributed by atoms with van der Waals surface area (Å²) in [5.41, 5.74) is 1.94. The number of hydrogen-bond donors (Lipinski definition) is 2. The van der Waals surface area contributed by atoms with Gasteiger partial charge < -0.3 is 10.4 Å². The Kier molecular flexibility index (Phi) is 4.45. The molecule has 3 atom stereocenters. The van der Waals surface area contributed by atoms with Crippen molar-refractivity contribution in [2.75, 3.05) is 0 Å². The molecule has 114 valence electrons. The third kappa shape index (κ3) is 3.15. The SMILES string of the molecule is Cc1c([C@H](C)NC(=O)[C@H]2CC=CC[C@H]2C(=O)O)cnn1C. The van der Waals surface area contributed by atoms with Crippen molar-refractivity contribution < 1.29 is 14.7 Å². The number of carboxylic acids is 1. The molecule has 0 bridgehead atoms. The highest BCUT2D eigenvalue weighted by atomic mass is 16.4. The fourth-order valence-electron chi connectivity index (χ4n) is 2.72. The van der Waals surface area contributed by atoms with Gasteiger partial charge in [0.15, 0.2) is 0 Å². The van der Waals surface area contributed by atoms with Crippen molar-refractivity contribution in [2.24, 2.45) is 18.9 Å². The number of nitrogens with one attached hydrogen (secondary N) is 1. The van der Waals surface area contributed by atoms with Gasteiger partial charge >= 0.3 is 5.97 Å². The molecule has 6 heteroatoms. The molecule has 2 N–H and O–H groups in total. The minimum Gasteiger partial charge on any atom is -0.481 e. The number of nitrogens with zero attached hydrogens (tertiary/aromatic N) is 2. The third-order valence-corrected chi connectivity index (χ3v) is 4.18. The van der Waals surface area contributed by atoms with Gasteiger partial charge in [0.2, 0.25) is 5.91 Å². The molecule has 6 nitrogen and oxygen atoms in total. The molecule has 0 saturated carbocycles. The van der Waals surface area contributed by atoms with Crippen molar-refractivity contribution in [1.82, 2.24) is 15.1 Å². The van der Waals surface area contributed by atoms with Crippen LogP contribution in [0.4, 0.5) is 0 Å². The van der Waals surface area contributed by atoms with Gasteiger partial charge in [0.25, 0.3) is 0 Å². The van der Waals surface area contributed by atoms with E-state index < -0.39 is 17.8 Å². The Balaban J connectivity index is 2.08. The summed E-state index contributed by atoms with van der Waals surface area (Å²) in [6, 6.07) is -0.188. The zero-order chi connectivity index (χ0) is 15.6. The fourth-order valence-corrected chi connectivity index (χ4v) is 2.72. The summed E-state index contributed by atoms with van der Waals surface area (Å²) < 4.78 is 1.75. The first-order chi connectivity index (χ1) is 9.91. The normalized spacial score (nSPS) is 22.8. The molecular formula is C15H21N3O3. The molecule has 0 saturated heterocycles. The van der Waals surface area contributed by atoms with Gasteiger partial charge in [0.1, 0.15) is 0 Å². The largest absolute Gasteiger partial charge is 0.481 e. The van der Waals surface area contributed by atoms with E-state index in [4.69, 9.17) is 0 Å². The molecule has 2 rings (SSSR count). The van der Waals surface area contributed by atoms with Gasteiger partial charge in [-0.3, -0.25) is 14.3 Å². The molecule has 0 aliphatic heterocycles. The number of allylic oxidation sites excluding steroid dienone is 2. The van der Waals surface area contributed by atoms with Gasteiger partial charge in [0, 0.05) is 18.3 Å². The number of aryl methyl sites for hydroxylation is 1. The molecule has 1 aliphatic carbocycles. The Hall–Kier alpha value is -2.11. The Bertz CT molecular complexity index is 577. The minimum atomic E-state index is -0.912. The van der Waals surface area contributed by atoms with Crippen LogP contribution in [0.3, 0.4) is 0 Å². The first kappa shape index (κ1) is 15.3. The monoisotopic (exact) mass is 291 g/mol. The molecule has 1 aromatic rings. The topological polar surface area (TPSA) is 84.2 Å². The Labute approximate surface area is 123 Å². The van der Waals surface area contributed by atoms with E-state index in [1.807, 2.05) is 33.0 Å². The fraction of sp³-hybridized carbons (Fsp3) is 0.533. The first-order valence-corrected chi connectivity index (χ1v) is 7.08. The summed E-state index contributed by atoms with van der Waals surface area (Å²) in [5.74, 6) is -2.27. The summed E-state index contributed by atoms with van der Waals surface area (Å²) >= 11 is 0. The highest BCUT2D eigenvalue weighted by Gasteiger charge is 2.34. The zero-order valence-corrected chi connectivity index (χ0v) is 12.5. The second-order valence-electron chi connectivity index (χ2n) is 5.53. The van der Waals surface area contributed by atoms with Crippen molar-refractivity contribution in [2.45, 2.75) is 32.7 Å². The summed E-state index contributed by atoms with van der Waals surface area (Å²) in [6.45, 7) is 3.82. The third-order valence-electron chi connectivity index (χ3n) is 4.18. The molecule has 1 heterocycles. The van der Waals surface area contributed by atoms with Gasteiger partial charge in [-0.15, -0.1) is 0 Å². The van der Waals surface area contributed by atoms with Gasteiger partial charge in [0.05, 0.1) is 24.1 Å². The van der Waals surface area contributed by atoms with Crippen LogP contribution < -0.4 is 5.32 Å². The number of amides is 1. The molecule has 1 amide bonds. The number of carbonyl (C=O) groups excluding carboxylic acids is 1. The van der Waals surface area contributed by atoms with Crippen LogP contribution in [-0.2, 0) is 16.6 Å². The maximum absolute atomic E-state index is 12.4. The van der Waals surface area contributed by atoms with E-state index in [0.717, 1.165) is 11.3 Å². The number of aliphatic carboxylic acids is 1. The number of hydrogen-bond acceptors (Lipinski definition) is 3. The van der Waals surface area contributed by atoms with Crippen LogP contribution in [0, 0.1) is 18.8 Å². The molecule has 0 spiro atoms. The average molecular weight is 291 g/mol. The summed E-state index contributed by atoms with van der Waals surface area (Å²) in [4.78, 5) is 23.6. The van der Waals surface area contributed by atoms with Crippen molar-refractivity contribution in [3.05, 3.63) is 29.6 Å². The minimum absolute atomic E-state index is 0.188. The molecule has 21 heavy (non-hydrogen) atoms. The lowest BCUT2D eigenvalue weighted by molar-refractivity contribution is -0.147. The molecular weight excluding hydrogens is 270 g/mol. The van der Waals surface area contributed by atoms with E-state index in [2.05, 4.69) is 10.4 Å². The number of carbonyl (C=O) groups is 2. The first-order valence-electron chi connectivity index (χ1n) is 7.08. The number of carboxylic acid groups (broad SMARTS) is 1. The summed E-state index contributed by atoms with van der Waals surface area (Å²) in [7, 11) is 1.85. The Morgan fingerprint density at radius 1 is 1.38 bits per heavy atom. The Morgan fingerprint density at radius 3 is 2.52 bits per heavy atom. The van der Waals surface area contributed by atoms with E-state index in [1.165, 1.54) is 0 Å². The van der Waals surface area contributed by atoms with E-state index in [9.17, 15) is 14.7 Å². The van der Waals surface area contributed by atoms with Crippen LogP contribution in [0.5, 0.6) is 0 Å². The molecule has 0 fully saturated rings. The lowest BCUT2D eigenvalue weighted by Crippen LogP contribution is -2.39. The lowest BCUT2D eigenvalue weighted by Gasteiger charge is -2.26. The second kappa shape index (κ2) is 6.11. The second-order valence-corrected chi connectivity index (χ2v) is 5.53. The van der Waals surface area contributed by atoms with Crippen molar-refractivity contribution in [1.29, 1.82) is 0 Å². The number of rotatable bonds is 4. The van der Waals surface area contributed by atoms with Crippen molar-refractivity contribution >= 4 is 11.9 Å². The maximum Gasteiger partial charge on any atom is 0.307 e. The standard InChI is InChI=1S/C15H21N3O3/c1-9(13-8-16-18(3)10(13)2)17-14(19)11-6-4-5-7-12(11)15(20)21/h4-5,8-9,11-12H,6-7H2,1-3H3,(H,17,19)(H,20,21)/t9-,11-,12+/m0/s1. The highest BCUT2D eigenvalue weighted by Crippen LogP contribution is 2.27. The van der Waals surface area contributed by atoms with Crippen LogP contribution in [0.2, 0.25) is 0 Å². The molecule has 0 unspecified atom stereocenters. The van der Waals surface area contributed by atoms with Gasteiger partial charge in [-0.05, 0) is 26.7 Å². The number of aromatic nitrogens is 2. The molecule has 1 aliphatic rings. The van der Waals surface area contributed by atoms with Crippen LogP contribution in [0.1, 0.15) is 37.1 Å². The Morgan fingerprint density at radius 2 is 2.00 bits per heavy atom. The van der Waals surface area contributed by atoms with E-state index in [1.54, 1.807) is 10.9 Å². The van der Waals surface area contributed by atoms with Gasteiger partial charge in [-0.25, -0.2) is 0 Å². The van der Waals surface area contributed by atoms with Crippen LogP contribution in [-0.4, -0.2) is 26.8 Å². The average Bonchev–Trinajstić information content (AvgIpc) is 2.79. The highest BCUT2D eigenvalue weighted by molar-refractivity contribution is 5.85. The van der Waals surface area contributed by atoms with Gasteiger partial charge in [-0.1, -0.05) is 12.2 Å². The summed E-state index contributed by atoms with van der Waals surface area (Å²) in [5, 5.41) is 16.3. The van der Waals surface area contributed by atoms with Crippen LogP contribution in [0.15, 0.2) is 18.3 Å². The van der Waals surface area contributed by atoms with Gasteiger partial charge in [-0.2, -0.15) is 5.10 Å². The van der Waals surface area contributed by atoms with E-state index in [0.29, 0.717) is 12.8 Å². The van der Waals surface area contributed by atoms with Crippen molar-refractivity contribution in [3.63, 3.8) is 0 Å². The molecule has 0 radical (unpaired) electrons. The maximum atomic E-state index is 12.4. The van der Waals surface area contributed by atoms with Crippen LogP contribution in [0.25, 0.3) is 0 Å². The van der Waals surface area contributed by atoms with Crippen LogP contribution >= 0.6 is 0 Å². The van der Waals surface area contributed by atoms with E-state index in [-0.39, 0.29) is 11.9 Å². The summed E-state index contributed by atoms with van der Waals surface area (Å²) in [6.07, 6.45) is 6.33.